The van der Waals surface area contributed by atoms with Crippen molar-refractivity contribution < 1.29 is 0 Å². The van der Waals surface area contributed by atoms with Gasteiger partial charge < -0.3 is 0 Å². The van der Waals surface area contributed by atoms with Gasteiger partial charge in [0.15, 0.2) is 0 Å². The van der Waals surface area contributed by atoms with Crippen LogP contribution in [0.25, 0.3) is 0 Å². The van der Waals surface area contributed by atoms with E-state index in [9.17, 15) is 0 Å². The van der Waals surface area contributed by atoms with Crippen LogP contribution in [0.5, 0.6) is 0 Å². The van der Waals surface area contributed by atoms with Crippen LogP contribution in [-0.2, 0) is 0 Å². The molecule has 0 amide bonds. The molecule has 1 aromatic rings. The van der Waals surface area contributed by atoms with Gasteiger partial charge in [-0.2, -0.15) is 4.37 Å². The molecule has 2 rings (SSSR count). The fourth-order valence-corrected chi connectivity index (χ4v) is 2.27. The molecular formula is C7H11N3S. The summed E-state index contributed by atoms with van der Waals surface area (Å²) in [6.45, 7) is 1.20. The summed E-state index contributed by atoms with van der Waals surface area (Å²) in [6, 6.07) is 0.544. The number of hydrogen-bond donors (Lipinski definition) is 0. The van der Waals surface area contributed by atoms with Crippen LogP contribution in [0.15, 0.2) is 6.33 Å². The highest BCUT2D eigenvalue weighted by Gasteiger charge is 2.24. The zero-order valence-electron chi connectivity index (χ0n) is 6.53. The SMILES string of the molecule is CN1CCCC1c1ncns1. The molecule has 1 atom stereocenters. The molecule has 4 heteroatoms. The van der Waals surface area contributed by atoms with Crippen LogP contribution in [0.1, 0.15) is 23.9 Å². The summed E-state index contributed by atoms with van der Waals surface area (Å²) in [5, 5.41) is 1.17. The van der Waals surface area contributed by atoms with Crippen molar-refractivity contribution in [3.8, 4) is 0 Å². The molecule has 0 bridgehead atoms. The van der Waals surface area contributed by atoms with Crippen molar-refractivity contribution in [2.24, 2.45) is 0 Å². The van der Waals surface area contributed by atoms with Crippen LogP contribution in [0, 0.1) is 0 Å². The standard InChI is InChI=1S/C7H11N3S/c1-10-4-2-3-6(10)7-8-5-9-11-7/h5-6H,2-4H2,1H3. The first-order valence-corrected chi connectivity index (χ1v) is 4.62. The topological polar surface area (TPSA) is 29.0 Å². The Balaban J connectivity index is 2.16. The minimum atomic E-state index is 0.544. The molecule has 1 saturated heterocycles. The van der Waals surface area contributed by atoms with E-state index in [-0.39, 0.29) is 0 Å². The van der Waals surface area contributed by atoms with E-state index < -0.39 is 0 Å². The van der Waals surface area contributed by atoms with E-state index in [1.54, 1.807) is 6.33 Å². The minimum absolute atomic E-state index is 0.544. The second kappa shape index (κ2) is 2.87. The van der Waals surface area contributed by atoms with Crippen molar-refractivity contribution in [2.75, 3.05) is 13.6 Å². The smallest absolute Gasteiger partial charge is 0.130 e. The van der Waals surface area contributed by atoms with Gasteiger partial charge in [-0.05, 0) is 38.0 Å². The van der Waals surface area contributed by atoms with Crippen molar-refractivity contribution in [3.63, 3.8) is 0 Å². The third-order valence-electron chi connectivity index (χ3n) is 2.18. The summed E-state index contributed by atoms with van der Waals surface area (Å²) in [4.78, 5) is 6.56. The summed E-state index contributed by atoms with van der Waals surface area (Å²) < 4.78 is 4.01. The Labute approximate surface area is 70.2 Å². The maximum absolute atomic E-state index is 4.21. The first-order chi connectivity index (χ1) is 5.38. The predicted molar refractivity (Wildman–Crippen MR) is 44.5 cm³/mol. The molecule has 1 aromatic heterocycles. The molecule has 1 unspecified atom stereocenters. The van der Waals surface area contributed by atoms with E-state index in [0.29, 0.717) is 6.04 Å². The molecule has 1 fully saturated rings. The third-order valence-corrected chi connectivity index (χ3v) is 2.95. The number of rotatable bonds is 1. The second-order valence-electron chi connectivity index (χ2n) is 2.92. The van der Waals surface area contributed by atoms with Crippen LogP contribution in [0.3, 0.4) is 0 Å². The van der Waals surface area contributed by atoms with Crippen LogP contribution in [0.4, 0.5) is 0 Å². The van der Waals surface area contributed by atoms with E-state index in [2.05, 4.69) is 21.3 Å². The van der Waals surface area contributed by atoms with Gasteiger partial charge in [0.1, 0.15) is 11.3 Å². The van der Waals surface area contributed by atoms with E-state index in [0.717, 1.165) is 0 Å². The van der Waals surface area contributed by atoms with Gasteiger partial charge in [0.05, 0.1) is 6.04 Å². The van der Waals surface area contributed by atoms with Crippen LogP contribution in [-0.4, -0.2) is 27.8 Å². The van der Waals surface area contributed by atoms with Gasteiger partial charge >= 0.3 is 0 Å². The highest BCUT2D eigenvalue weighted by molar-refractivity contribution is 7.05. The minimum Gasteiger partial charge on any atom is -0.297 e. The quantitative estimate of drug-likeness (QED) is 0.634. The Morgan fingerprint density at radius 1 is 1.73 bits per heavy atom. The Kier molecular flexibility index (Phi) is 1.87. The van der Waals surface area contributed by atoms with Gasteiger partial charge in [-0.3, -0.25) is 4.90 Å². The molecular weight excluding hydrogens is 158 g/mol. The zero-order valence-corrected chi connectivity index (χ0v) is 7.34. The molecule has 0 radical (unpaired) electrons. The molecule has 0 aliphatic carbocycles. The largest absolute Gasteiger partial charge is 0.297 e. The zero-order chi connectivity index (χ0) is 7.68. The number of aromatic nitrogens is 2. The Morgan fingerprint density at radius 3 is 3.18 bits per heavy atom. The highest BCUT2D eigenvalue weighted by Crippen LogP contribution is 2.30. The lowest BCUT2D eigenvalue weighted by Crippen LogP contribution is -2.17. The summed E-state index contributed by atoms with van der Waals surface area (Å²) in [5.74, 6) is 0. The maximum Gasteiger partial charge on any atom is 0.130 e. The van der Waals surface area contributed by atoms with Crippen molar-refractivity contribution in [1.29, 1.82) is 0 Å². The number of nitrogens with zero attached hydrogens (tertiary/aromatic N) is 3. The maximum atomic E-state index is 4.21. The number of likely N-dealkylation sites (tertiary alicyclic amines) is 1. The molecule has 60 valence electrons. The van der Waals surface area contributed by atoms with E-state index in [1.807, 2.05) is 0 Å². The van der Waals surface area contributed by atoms with Crippen LogP contribution in [0.2, 0.25) is 0 Å². The lowest BCUT2D eigenvalue weighted by molar-refractivity contribution is 0.316. The van der Waals surface area contributed by atoms with E-state index in [4.69, 9.17) is 0 Å². The average Bonchev–Trinajstić information content (AvgIpc) is 2.55. The van der Waals surface area contributed by atoms with Crippen molar-refractivity contribution in [2.45, 2.75) is 18.9 Å². The molecule has 0 aromatic carbocycles. The molecule has 1 aliphatic heterocycles. The molecule has 1 aliphatic rings. The van der Waals surface area contributed by atoms with E-state index >= 15 is 0 Å². The second-order valence-corrected chi connectivity index (χ2v) is 3.73. The highest BCUT2D eigenvalue weighted by atomic mass is 32.1. The van der Waals surface area contributed by atoms with Crippen molar-refractivity contribution in [3.05, 3.63) is 11.3 Å². The summed E-state index contributed by atoms with van der Waals surface area (Å²) in [7, 11) is 2.15. The van der Waals surface area contributed by atoms with Gasteiger partial charge in [-0.1, -0.05) is 0 Å². The van der Waals surface area contributed by atoms with Crippen molar-refractivity contribution >= 4 is 11.5 Å². The van der Waals surface area contributed by atoms with E-state index in [1.165, 1.54) is 35.9 Å². The predicted octanol–water partition coefficient (Wildman–Crippen LogP) is 1.30. The molecule has 2 heterocycles. The molecule has 0 N–H and O–H groups in total. The molecule has 0 saturated carbocycles. The fraction of sp³-hybridized carbons (Fsp3) is 0.714. The normalized spacial score (nSPS) is 26.1. The fourth-order valence-electron chi connectivity index (χ4n) is 1.55. The Morgan fingerprint density at radius 2 is 2.64 bits per heavy atom. The Bertz CT molecular complexity index is 222. The van der Waals surface area contributed by atoms with Crippen LogP contribution < -0.4 is 0 Å². The van der Waals surface area contributed by atoms with Gasteiger partial charge in [0, 0.05) is 0 Å². The summed E-state index contributed by atoms with van der Waals surface area (Å²) in [6.07, 6.45) is 4.18. The molecule has 11 heavy (non-hydrogen) atoms. The number of hydrogen-bond acceptors (Lipinski definition) is 4. The summed E-state index contributed by atoms with van der Waals surface area (Å²) >= 11 is 1.52. The van der Waals surface area contributed by atoms with Crippen molar-refractivity contribution in [1.82, 2.24) is 14.3 Å². The Hall–Kier alpha value is -0.480. The lowest BCUT2D eigenvalue weighted by Gasteiger charge is -2.15. The monoisotopic (exact) mass is 169 g/mol. The van der Waals surface area contributed by atoms with Gasteiger partial charge in [0.25, 0.3) is 0 Å². The lowest BCUT2D eigenvalue weighted by atomic mass is 10.2. The first-order valence-electron chi connectivity index (χ1n) is 3.85. The third kappa shape index (κ3) is 1.28. The molecule has 0 spiro atoms. The summed E-state index contributed by atoms with van der Waals surface area (Å²) in [5.41, 5.74) is 0. The average molecular weight is 169 g/mol. The van der Waals surface area contributed by atoms with Gasteiger partial charge in [-0.15, -0.1) is 0 Å². The molecule has 3 nitrogen and oxygen atoms in total. The first kappa shape index (κ1) is 7.18. The van der Waals surface area contributed by atoms with Gasteiger partial charge in [-0.25, -0.2) is 4.98 Å². The van der Waals surface area contributed by atoms with Crippen LogP contribution >= 0.6 is 11.5 Å². The van der Waals surface area contributed by atoms with Gasteiger partial charge in [0.2, 0.25) is 0 Å².